The molecule has 0 amide bonds. The molecule has 1 fully saturated rings. The molecule has 1 saturated carbocycles. The van der Waals surface area contributed by atoms with Crippen LogP contribution in [0.1, 0.15) is 18.4 Å². The molecule has 1 aliphatic carbocycles. The summed E-state index contributed by atoms with van der Waals surface area (Å²) in [6.45, 7) is 2.09. The Morgan fingerprint density at radius 2 is 1.84 bits per heavy atom. The molecule has 0 saturated heterocycles. The van der Waals surface area contributed by atoms with E-state index >= 15 is 0 Å². The number of aromatic nitrogens is 5. The predicted molar refractivity (Wildman–Crippen MR) is 145 cm³/mol. The molecular weight excluding hydrogens is 464 g/mol. The zero-order valence-electron chi connectivity index (χ0n) is 21.5. The fraction of sp³-hybridized carbons (Fsp3) is 0.276. The van der Waals surface area contributed by atoms with Crippen molar-refractivity contribution in [1.82, 2.24) is 24.1 Å². The van der Waals surface area contributed by atoms with Gasteiger partial charge in [-0.2, -0.15) is 0 Å². The highest BCUT2D eigenvalue weighted by atomic mass is 16.5. The summed E-state index contributed by atoms with van der Waals surface area (Å²) in [6.07, 6.45) is 7.96. The van der Waals surface area contributed by atoms with Crippen LogP contribution in [0.25, 0.3) is 39.4 Å². The van der Waals surface area contributed by atoms with E-state index in [4.69, 9.17) is 19.6 Å². The Labute approximate surface area is 215 Å². The van der Waals surface area contributed by atoms with Crippen molar-refractivity contribution in [2.45, 2.75) is 31.9 Å². The summed E-state index contributed by atoms with van der Waals surface area (Å²) in [6, 6.07) is 16.7. The van der Waals surface area contributed by atoms with E-state index in [2.05, 4.69) is 53.8 Å². The largest absolute Gasteiger partial charge is 0.496 e. The third kappa shape index (κ3) is 3.94. The van der Waals surface area contributed by atoms with Gasteiger partial charge in [-0.3, -0.25) is 0 Å². The number of imidazole rings is 1. The van der Waals surface area contributed by atoms with Gasteiger partial charge in [0.05, 0.1) is 19.3 Å². The summed E-state index contributed by atoms with van der Waals surface area (Å²) in [4.78, 5) is 9.55. The van der Waals surface area contributed by atoms with E-state index in [1.54, 1.807) is 20.4 Å². The third-order valence-electron chi connectivity index (χ3n) is 7.34. The lowest BCUT2D eigenvalue weighted by molar-refractivity contribution is 0.0285. The van der Waals surface area contributed by atoms with Crippen LogP contribution in [0.3, 0.4) is 0 Å². The van der Waals surface area contributed by atoms with Crippen LogP contribution in [-0.4, -0.2) is 50.5 Å². The highest BCUT2D eigenvalue weighted by Crippen LogP contribution is 2.43. The zero-order chi connectivity index (χ0) is 25.5. The number of fused-ring (bicyclic) bond motifs is 1. The van der Waals surface area contributed by atoms with Crippen LogP contribution in [0.2, 0.25) is 0 Å². The molecule has 5 aromatic rings. The van der Waals surface area contributed by atoms with E-state index in [0.29, 0.717) is 11.6 Å². The molecule has 8 nitrogen and oxygen atoms in total. The van der Waals surface area contributed by atoms with Gasteiger partial charge in [0.2, 0.25) is 5.82 Å². The van der Waals surface area contributed by atoms with Crippen molar-refractivity contribution in [3.63, 3.8) is 0 Å². The van der Waals surface area contributed by atoms with Crippen LogP contribution in [0, 0.1) is 6.92 Å². The van der Waals surface area contributed by atoms with Crippen molar-refractivity contribution in [1.29, 1.82) is 0 Å². The van der Waals surface area contributed by atoms with Crippen molar-refractivity contribution in [3.05, 3.63) is 72.7 Å². The SMILES string of the molecule is COc1cccc(-c2cn3nc(-c4nccn4C)nc(N[C@@H]4CC[C@H]4OC)c3c2-c2ccccc2)c1C. The lowest BCUT2D eigenvalue weighted by Crippen LogP contribution is -2.44. The van der Waals surface area contributed by atoms with Crippen LogP contribution >= 0.6 is 0 Å². The summed E-state index contributed by atoms with van der Waals surface area (Å²) in [5, 5.41) is 8.65. The average molecular weight is 495 g/mol. The molecule has 8 heteroatoms. The first-order chi connectivity index (χ1) is 18.1. The van der Waals surface area contributed by atoms with Gasteiger partial charge < -0.3 is 19.4 Å². The molecule has 0 bridgehead atoms. The lowest BCUT2D eigenvalue weighted by atomic mass is 9.89. The maximum absolute atomic E-state index is 5.69. The van der Waals surface area contributed by atoms with Gasteiger partial charge >= 0.3 is 0 Å². The van der Waals surface area contributed by atoms with Crippen LogP contribution < -0.4 is 10.1 Å². The number of ether oxygens (including phenoxy) is 2. The van der Waals surface area contributed by atoms with Gasteiger partial charge in [-0.25, -0.2) is 14.5 Å². The molecule has 6 rings (SSSR count). The van der Waals surface area contributed by atoms with Gasteiger partial charge in [0.25, 0.3) is 0 Å². The molecule has 0 unspecified atom stereocenters. The Morgan fingerprint density at radius 1 is 1.00 bits per heavy atom. The summed E-state index contributed by atoms with van der Waals surface area (Å²) in [5.74, 6) is 2.88. The molecule has 188 valence electrons. The van der Waals surface area contributed by atoms with Gasteiger partial charge in [-0.1, -0.05) is 42.5 Å². The number of nitrogens with zero attached hydrogens (tertiary/aromatic N) is 5. The number of nitrogens with one attached hydrogen (secondary N) is 1. The number of benzene rings is 2. The Balaban J connectivity index is 1.65. The number of aryl methyl sites for hydroxylation is 1. The molecule has 37 heavy (non-hydrogen) atoms. The monoisotopic (exact) mass is 494 g/mol. The Hall–Kier alpha value is -4.17. The zero-order valence-corrected chi connectivity index (χ0v) is 21.5. The highest BCUT2D eigenvalue weighted by molar-refractivity contribution is 6.00. The minimum absolute atomic E-state index is 0.155. The Bertz CT molecular complexity index is 1570. The first-order valence-corrected chi connectivity index (χ1v) is 12.5. The average Bonchev–Trinajstić information content (AvgIpc) is 3.51. The second-order valence-electron chi connectivity index (χ2n) is 9.46. The molecule has 2 atom stereocenters. The molecule has 0 aliphatic heterocycles. The van der Waals surface area contributed by atoms with E-state index in [1.165, 1.54) is 0 Å². The topological polar surface area (TPSA) is 78.5 Å². The van der Waals surface area contributed by atoms with Gasteiger partial charge in [0, 0.05) is 43.9 Å². The summed E-state index contributed by atoms with van der Waals surface area (Å²) >= 11 is 0. The van der Waals surface area contributed by atoms with Crippen molar-refractivity contribution in [2.24, 2.45) is 7.05 Å². The number of hydrogen-bond donors (Lipinski definition) is 1. The quantitative estimate of drug-likeness (QED) is 0.328. The van der Waals surface area contributed by atoms with Crippen molar-refractivity contribution in [3.8, 4) is 39.7 Å². The maximum Gasteiger partial charge on any atom is 0.218 e. The summed E-state index contributed by atoms with van der Waals surface area (Å²) in [7, 11) is 5.42. The van der Waals surface area contributed by atoms with Crippen LogP contribution in [0.15, 0.2) is 67.1 Å². The smallest absolute Gasteiger partial charge is 0.218 e. The molecule has 3 heterocycles. The Kier molecular flexibility index (Phi) is 5.88. The standard InChI is InChI=1S/C29H30N6O2/c1-18-20(11-8-12-23(18)36-3)21-17-35-26(25(21)19-9-6-5-7-10-19)27(31-22-13-14-24(22)37-4)32-28(33-35)29-30-15-16-34(29)2/h5-12,15-17,22,24H,13-14H2,1-4H3,(H,31,32,33)/t22-,24-/m1/s1. The lowest BCUT2D eigenvalue weighted by Gasteiger charge is -2.36. The normalized spacial score (nSPS) is 17.1. The minimum atomic E-state index is 0.155. The predicted octanol–water partition coefficient (Wildman–Crippen LogP) is 5.37. The second kappa shape index (κ2) is 9.37. The number of methoxy groups -OCH3 is 2. The van der Waals surface area contributed by atoms with E-state index in [1.807, 2.05) is 40.5 Å². The van der Waals surface area contributed by atoms with E-state index in [-0.39, 0.29) is 12.1 Å². The third-order valence-corrected chi connectivity index (χ3v) is 7.34. The summed E-state index contributed by atoms with van der Waals surface area (Å²) < 4.78 is 15.2. The van der Waals surface area contributed by atoms with Crippen molar-refractivity contribution >= 4 is 11.3 Å². The molecule has 1 aliphatic rings. The van der Waals surface area contributed by atoms with Crippen LogP contribution in [0.4, 0.5) is 5.82 Å². The van der Waals surface area contributed by atoms with Crippen LogP contribution in [0.5, 0.6) is 5.75 Å². The second-order valence-corrected chi connectivity index (χ2v) is 9.46. The van der Waals surface area contributed by atoms with Crippen molar-refractivity contribution in [2.75, 3.05) is 19.5 Å². The number of hydrogen-bond acceptors (Lipinski definition) is 6. The number of anilines is 1. The first-order valence-electron chi connectivity index (χ1n) is 12.5. The fourth-order valence-corrected chi connectivity index (χ4v) is 5.18. The van der Waals surface area contributed by atoms with E-state index < -0.39 is 0 Å². The van der Waals surface area contributed by atoms with Gasteiger partial charge in [0.15, 0.2) is 11.6 Å². The van der Waals surface area contributed by atoms with Gasteiger partial charge in [-0.15, -0.1) is 5.10 Å². The van der Waals surface area contributed by atoms with Crippen LogP contribution in [-0.2, 0) is 11.8 Å². The highest BCUT2D eigenvalue weighted by Gasteiger charge is 2.33. The Morgan fingerprint density at radius 3 is 2.51 bits per heavy atom. The van der Waals surface area contributed by atoms with E-state index in [9.17, 15) is 0 Å². The molecular formula is C29H30N6O2. The molecule has 2 aromatic carbocycles. The first kappa shape index (κ1) is 23.2. The minimum Gasteiger partial charge on any atom is -0.496 e. The molecule has 3 aromatic heterocycles. The number of rotatable bonds is 7. The van der Waals surface area contributed by atoms with E-state index in [0.717, 1.165) is 57.7 Å². The van der Waals surface area contributed by atoms with Gasteiger partial charge in [0.1, 0.15) is 11.3 Å². The molecule has 0 spiro atoms. The maximum atomic E-state index is 5.69. The molecule has 0 radical (unpaired) electrons. The summed E-state index contributed by atoms with van der Waals surface area (Å²) in [5.41, 5.74) is 6.31. The fourth-order valence-electron chi connectivity index (χ4n) is 5.18. The molecule has 1 N–H and O–H groups in total. The van der Waals surface area contributed by atoms with Gasteiger partial charge in [-0.05, 0) is 42.5 Å². The van der Waals surface area contributed by atoms with Crippen molar-refractivity contribution < 1.29 is 9.47 Å².